The molecule has 3 heteroatoms. The van der Waals surface area contributed by atoms with Crippen molar-refractivity contribution >= 4 is 5.69 Å². The standard InChI is InChI=1S/C15H25N3/c1-12-9-13(5-6-14(12)16)10-18-8-7-17(4)15(2,3)11-18/h5-6,9H,7-8,10-11,16H2,1-4H3. The molecule has 1 aromatic rings. The molecular weight excluding hydrogens is 222 g/mol. The maximum absolute atomic E-state index is 5.86. The van der Waals surface area contributed by atoms with Crippen LogP contribution in [0.5, 0.6) is 0 Å². The first-order valence-corrected chi connectivity index (χ1v) is 6.67. The van der Waals surface area contributed by atoms with E-state index in [2.05, 4.69) is 49.8 Å². The number of nitrogen functional groups attached to an aromatic ring is 1. The molecule has 3 nitrogen and oxygen atoms in total. The summed E-state index contributed by atoms with van der Waals surface area (Å²) in [6.07, 6.45) is 0. The maximum atomic E-state index is 5.86. The van der Waals surface area contributed by atoms with Crippen molar-refractivity contribution in [3.8, 4) is 0 Å². The van der Waals surface area contributed by atoms with Crippen LogP contribution in [-0.2, 0) is 6.54 Å². The Bertz CT molecular complexity index is 426. The van der Waals surface area contributed by atoms with Crippen LogP contribution in [-0.4, -0.2) is 42.0 Å². The van der Waals surface area contributed by atoms with Gasteiger partial charge in [-0.25, -0.2) is 0 Å². The number of hydrogen-bond donors (Lipinski definition) is 1. The Hall–Kier alpha value is -1.06. The van der Waals surface area contributed by atoms with E-state index in [0.717, 1.165) is 31.9 Å². The first kappa shape index (κ1) is 13.4. The van der Waals surface area contributed by atoms with E-state index in [0.29, 0.717) is 0 Å². The van der Waals surface area contributed by atoms with Gasteiger partial charge < -0.3 is 5.73 Å². The van der Waals surface area contributed by atoms with Crippen molar-refractivity contribution < 1.29 is 0 Å². The molecule has 1 heterocycles. The van der Waals surface area contributed by atoms with Gasteiger partial charge in [-0.05, 0) is 45.0 Å². The molecule has 0 aliphatic carbocycles. The Labute approximate surface area is 111 Å². The summed E-state index contributed by atoms with van der Waals surface area (Å²) in [5.74, 6) is 0. The Morgan fingerprint density at radius 3 is 2.61 bits per heavy atom. The number of hydrogen-bond acceptors (Lipinski definition) is 3. The van der Waals surface area contributed by atoms with Gasteiger partial charge in [0.2, 0.25) is 0 Å². The van der Waals surface area contributed by atoms with Crippen molar-refractivity contribution in [3.63, 3.8) is 0 Å². The van der Waals surface area contributed by atoms with Crippen molar-refractivity contribution in [3.05, 3.63) is 29.3 Å². The average Bonchev–Trinajstić information content (AvgIpc) is 2.28. The van der Waals surface area contributed by atoms with Crippen molar-refractivity contribution in [1.82, 2.24) is 9.80 Å². The molecule has 1 fully saturated rings. The molecule has 0 saturated carbocycles. The van der Waals surface area contributed by atoms with Crippen LogP contribution in [0.15, 0.2) is 18.2 Å². The van der Waals surface area contributed by atoms with Crippen molar-refractivity contribution in [2.75, 3.05) is 32.4 Å². The van der Waals surface area contributed by atoms with Crippen LogP contribution in [0.4, 0.5) is 5.69 Å². The number of aryl methyl sites for hydroxylation is 1. The molecule has 2 rings (SSSR count). The first-order chi connectivity index (χ1) is 8.38. The molecule has 1 aromatic carbocycles. The summed E-state index contributed by atoms with van der Waals surface area (Å²) in [7, 11) is 2.21. The van der Waals surface area contributed by atoms with E-state index in [9.17, 15) is 0 Å². The third kappa shape index (κ3) is 2.85. The van der Waals surface area contributed by atoms with E-state index < -0.39 is 0 Å². The molecule has 100 valence electrons. The highest BCUT2D eigenvalue weighted by Crippen LogP contribution is 2.21. The quantitative estimate of drug-likeness (QED) is 0.812. The summed E-state index contributed by atoms with van der Waals surface area (Å²) < 4.78 is 0. The van der Waals surface area contributed by atoms with Crippen LogP contribution < -0.4 is 5.73 Å². The number of nitrogens with zero attached hydrogens (tertiary/aromatic N) is 2. The third-order valence-electron chi connectivity index (χ3n) is 4.14. The van der Waals surface area contributed by atoms with Crippen molar-refractivity contribution in [2.45, 2.75) is 32.9 Å². The number of likely N-dealkylation sites (N-methyl/N-ethyl adjacent to an activating group) is 1. The lowest BCUT2D eigenvalue weighted by molar-refractivity contribution is 0.0360. The van der Waals surface area contributed by atoms with Crippen LogP contribution in [0.2, 0.25) is 0 Å². The van der Waals surface area contributed by atoms with Gasteiger partial charge in [0.05, 0.1) is 0 Å². The van der Waals surface area contributed by atoms with Crippen LogP contribution in [0.3, 0.4) is 0 Å². The fraction of sp³-hybridized carbons (Fsp3) is 0.600. The summed E-state index contributed by atoms with van der Waals surface area (Å²) in [5, 5.41) is 0. The molecule has 0 amide bonds. The Kier molecular flexibility index (Phi) is 3.64. The summed E-state index contributed by atoms with van der Waals surface area (Å²) in [4.78, 5) is 4.97. The highest BCUT2D eigenvalue weighted by atomic mass is 15.3. The lowest BCUT2D eigenvalue weighted by atomic mass is 9.99. The molecule has 0 unspecified atom stereocenters. The second-order valence-corrected chi connectivity index (χ2v) is 6.14. The zero-order valence-corrected chi connectivity index (χ0v) is 12.0. The SMILES string of the molecule is Cc1cc(CN2CCN(C)C(C)(C)C2)ccc1N. The topological polar surface area (TPSA) is 32.5 Å². The van der Waals surface area contributed by atoms with Gasteiger partial charge in [0, 0.05) is 37.4 Å². The van der Waals surface area contributed by atoms with Crippen molar-refractivity contribution in [2.24, 2.45) is 0 Å². The lowest BCUT2D eigenvalue weighted by Gasteiger charge is -2.45. The minimum absolute atomic E-state index is 0.265. The van der Waals surface area contributed by atoms with Crippen LogP contribution in [0, 0.1) is 6.92 Å². The number of piperazine rings is 1. The Balaban J connectivity index is 2.04. The van der Waals surface area contributed by atoms with Gasteiger partial charge in [0.1, 0.15) is 0 Å². The lowest BCUT2D eigenvalue weighted by Crippen LogP contribution is -2.57. The molecule has 18 heavy (non-hydrogen) atoms. The predicted molar refractivity (Wildman–Crippen MR) is 77.6 cm³/mol. The van der Waals surface area contributed by atoms with Crippen LogP contribution in [0.1, 0.15) is 25.0 Å². The van der Waals surface area contributed by atoms with E-state index in [1.165, 1.54) is 11.1 Å². The third-order valence-corrected chi connectivity index (χ3v) is 4.14. The Morgan fingerprint density at radius 2 is 2.00 bits per heavy atom. The molecule has 0 atom stereocenters. The van der Waals surface area contributed by atoms with Gasteiger partial charge in [-0.15, -0.1) is 0 Å². The van der Waals surface area contributed by atoms with Gasteiger partial charge in [-0.1, -0.05) is 12.1 Å². The largest absolute Gasteiger partial charge is 0.399 e. The van der Waals surface area contributed by atoms with Crippen molar-refractivity contribution in [1.29, 1.82) is 0 Å². The van der Waals surface area contributed by atoms with Gasteiger partial charge in [-0.2, -0.15) is 0 Å². The molecule has 1 saturated heterocycles. The normalized spacial score (nSPS) is 21.1. The average molecular weight is 247 g/mol. The first-order valence-electron chi connectivity index (χ1n) is 6.67. The zero-order chi connectivity index (χ0) is 13.3. The second kappa shape index (κ2) is 4.90. The molecular formula is C15H25N3. The van der Waals surface area contributed by atoms with Gasteiger partial charge in [0.25, 0.3) is 0 Å². The highest BCUT2D eigenvalue weighted by Gasteiger charge is 2.30. The van der Waals surface area contributed by atoms with E-state index in [1.807, 2.05) is 6.07 Å². The molecule has 0 spiro atoms. The number of anilines is 1. The van der Waals surface area contributed by atoms with Crippen LogP contribution in [0.25, 0.3) is 0 Å². The minimum Gasteiger partial charge on any atom is -0.399 e. The van der Waals surface area contributed by atoms with Gasteiger partial charge >= 0.3 is 0 Å². The number of rotatable bonds is 2. The summed E-state index contributed by atoms with van der Waals surface area (Å²) in [6.45, 7) is 11.1. The Morgan fingerprint density at radius 1 is 1.28 bits per heavy atom. The predicted octanol–water partition coefficient (Wildman–Crippen LogP) is 2.10. The smallest absolute Gasteiger partial charge is 0.0343 e. The minimum atomic E-state index is 0.265. The summed E-state index contributed by atoms with van der Waals surface area (Å²) >= 11 is 0. The van der Waals surface area contributed by atoms with E-state index in [4.69, 9.17) is 5.73 Å². The molecule has 2 N–H and O–H groups in total. The molecule has 1 aliphatic heterocycles. The maximum Gasteiger partial charge on any atom is 0.0343 e. The highest BCUT2D eigenvalue weighted by molar-refractivity contribution is 5.47. The van der Waals surface area contributed by atoms with E-state index in [1.54, 1.807) is 0 Å². The second-order valence-electron chi connectivity index (χ2n) is 6.14. The fourth-order valence-corrected chi connectivity index (χ4v) is 2.57. The number of benzene rings is 1. The molecule has 0 bridgehead atoms. The van der Waals surface area contributed by atoms with Crippen LogP contribution >= 0.6 is 0 Å². The molecule has 0 radical (unpaired) electrons. The van der Waals surface area contributed by atoms with Gasteiger partial charge in [0.15, 0.2) is 0 Å². The fourth-order valence-electron chi connectivity index (χ4n) is 2.57. The molecule has 1 aliphatic rings. The monoisotopic (exact) mass is 247 g/mol. The van der Waals surface area contributed by atoms with E-state index >= 15 is 0 Å². The zero-order valence-electron chi connectivity index (χ0n) is 12.0. The number of nitrogens with two attached hydrogens (primary N) is 1. The van der Waals surface area contributed by atoms with E-state index in [-0.39, 0.29) is 5.54 Å². The summed E-state index contributed by atoms with van der Waals surface area (Å²) in [6, 6.07) is 6.38. The molecule has 0 aromatic heterocycles. The summed E-state index contributed by atoms with van der Waals surface area (Å²) in [5.41, 5.74) is 9.56. The van der Waals surface area contributed by atoms with Gasteiger partial charge in [-0.3, -0.25) is 9.80 Å².